The second-order valence-electron chi connectivity index (χ2n) is 2.93. The van der Waals surface area contributed by atoms with E-state index in [0.29, 0.717) is 21.6 Å². The molecule has 0 saturated carbocycles. The minimum atomic E-state index is 0.452. The van der Waals surface area contributed by atoms with Crippen LogP contribution in [0.1, 0.15) is 19.8 Å². The Balaban J connectivity index is 2.96. The first kappa shape index (κ1) is 11.3. The quantitative estimate of drug-likeness (QED) is 0.623. The molecule has 1 aromatic carbocycles. The number of benzene rings is 1. The number of halogens is 2. The molecule has 0 aliphatic heterocycles. The summed E-state index contributed by atoms with van der Waals surface area (Å²) in [6, 6.07) is 5.31. The van der Waals surface area contributed by atoms with Gasteiger partial charge in [0.1, 0.15) is 0 Å². The summed E-state index contributed by atoms with van der Waals surface area (Å²) in [5.41, 5.74) is 6.31. The number of hydrogen-bond donors (Lipinski definition) is 1. The standard InChI is InChI=1S/C10H12Cl2N2/c1-2-4-9(13)14-8-6-3-5-7(11)10(8)12/h3,5-6H,2,4H2,1H3,(H2,13,14). The van der Waals surface area contributed by atoms with Crippen molar-refractivity contribution in [2.75, 3.05) is 0 Å². The monoisotopic (exact) mass is 230 g/mol. The molecule has 0 heterocycles. The molecule has 0 amide bonds. The largest absolute Gasteiger partial charge is 0.387 e. The van der Waals surface area contributed by atoms with Gasteiger partial charge >= 0.3 is 0 Å². The second-order valence-corrected chi connectivity index (χ2v) is 3.71. The Labute approximate surface area is 93.7 Å². The third-order valence-electron chi connectivity index (χ3n) is 1.70. The van der Waals surface area contributed by atoms with Gasteiger partial charge in [-0.1, -0.05) is 36.2 Å². The van der Waals surface area contributed by atoms with Crippen molar-refractivity contribution < 1.29 is 0 Å². The molecule has 1 rings (SSSR count). The molecular formula is C10H12Cl2N2. The lowest BCUT2D eigenvalue weighted by Crippen LogP contribution is -2.09. The molecule has 1 aromatic rings. The van der Waals surface area contributed by atoms with Gasteiger partial charge in [0.2, 0.25) is 0 Å². The number of amidine groups is 1. The zero-order valence-corrected chi connectivity index (χ0v) is 9.44. The highest BCUT2D eigenvalue weighted by molar-refractivity contribution is 6.43. The third kappa shape index (κ3) is 2.89. The van der Waals surface area contributed by atoms with E-state index in [1.54, 1.807) is 18.2 Å². The van der Waals surface area contributed by atoms with Crippen molar-refractivity contribution in [1.29, 1.82) is 0 Å². The second kappa shape index (κ2) is 5.23. The van der Waals surface area contributed by atoms with Gasteiger partial charge in [0.25, 0.3) is 0 Å². The normalized spacial score (nSPS) is 11.8. The lowest BCUT2D eigenvalue weighted by molar-refractivity contribution is 0.983. The van der Waals surface area contributed by atoms with Crippen molar-refractivity contribution in [3.8, 4) is 0 Å². The van der Waals surface area contributed by atoms with Crippen LogP contribution < -0.4 is 5.73 Å². The van der Waals surface area contributed by atoms with Crippen LogP contribution in [0.4, 0.5) is 5.69 Å². The Morgan fingerprint density at radius 1 is 1.43 bits per heavy atom. The summed E-state index contributed by atoms with van der Waals surface area (Å²) in [6.45, 7) is 2.04. The fraction of sp³-hybridized carbons (Fsp3) is 0.300. The van der Waals surface area contributed by atoms with Crippen molar-refractivity contribution in [2.45, 2.75) is 19.8 Å². The van der Waals surface area contributed by atoms with Crippen LogP contribution in [-0.4, -0.2) is 5.84 Å². The fourth-order valence-corrected chi connectivity index (χ4v) is 1.38. The zero-order valence-electron chi connectivity index (χ0n) is 7.93. The molecule has 4 heteroatoms. The van der Waals surface area contributed by atoms with E-state index in [0.717, 1.165) is 12.8 Å². The molecule has 0 saturated heterocycles. The van der Waals surface area contributed by atoms with E-state index in [-0.39, 0.29) is 0 Å². The maximum atomic E-state index is 5.94. The van der Waals surface area contributed by atoms with Crippen LogP contribution in [0.25, 0.3) is 0 Å². The number of rotatable bonds is 3. The van der Waals surface area contributed by atoms with E-state index < -0.39 is 0 Å². The minimum absolute atomic E-state index is 0.452. The van der Waals surface area contributed by atoms with Crippen LogP contribution in [0.3, 0.4) is 0 Å². The SMILES string of the molecule is CCCC(N)=Nc1cccc(Cl)c1Cl. The molecule has 0 atom stereocenters. The van der Waals surface area contributed by atoms with Crippen LogP contribution in [0.15, 0.2) is 23.2 Å². The van der Waals surface area contributed by atoms with Crippen LogP contribution >= 0.6 is 23.2 Å². The Hall–Kier alpha value is -0.730. The molecule has 0 aliphatic rings. The van der Waals surface area contributed by atoms with Crippen molar-refractivity contribution in [2.24, 2.45) is 10.7 Å². The molecule has 14 heavy (non-hydrogen) atoms. The molecule has 0 bridgehead atoms. The highest BCUT2D eigenvalue weighted by Gasteiger charge is 2.03. The highest BCUT2D eigenvalue weighted by Crippen LogP contribution is 2.31. The number of nitrogens with two attached hydrogens (primary N) is 1. The van der Waals surface area contributed by atoms with E-state index in [1.807, 2.05) is 6.92 Å². The Morgan fingerprint density at radius 2 is 2.14 bits per heavy atom. The van der Waals surface area contributed by atoms with Gasteiger partial charge in [-0.2, -0.15) is 0 Å². The summed E-state index contributed by atoms with van der Waals surface area (Å²) in [4.78, 5) is 4.19. The van der Waals surface area contributed by atoms with Gasteiger partial charge in [-0.3, -0.25) is 0 Å². The number of aliphatic imine (C=N–C) groups is 1. The van der Waals surface area contributed by atoms with E-state index >= 15 is 0 Å². The van der Waals surface area contributed by atoms with Crippen LogP contribution in [0.5, 0.6) is 0 Å². The highest BCUT2D eigenvalue weighted by atomic mass is 35.5. The first-order chi connectivity index (χ1) is 6.65. The average Bonchev–Trinajstić information content (AvgIpc) is 2.13. The smallest absolute Gasteiger partial charge is 0.0996 e. The molecule has 0 unspecified atom stereocenters. The van der Waals surface area contributed by atoms with E-state index in [9.17, 15) is 0 Å². The number of nitrogens with zero attached hydrogens (tertiary/aromatic N) is 1. The maximum Gasteiger partial charge on any atom is 0.0996 e. The summed E-state index contributed by atoms with van der Waals surface area (Å²) in [5, 5.41) is 0.949. The predicted molar refractivity (Wildman–Crippen MR) is 62.7 cm³/mol. The lowest BCUT2D eigenvalue weighted by Gasteiger charge is -2.02. The molecule has 76 valence electrons. The molecule has 2 N–H and O–H groups in total. The zero-order chi connectivity index (χ0) is 10.6. The first-order valence-corrected chi connectivity index (χ1v) is 5.17. The minimum Gasteiger partial charge on any atom is -0.387 e. The first-order valence-electron chi connectivity index (χ1n) is 4.42. The average molecular weight is 231 g/mol. The van der Waals surface area contributed by atoms with Gasteiger partial charge in [-0.15, -0.1) is 0 Å². The van der Waals surface area contributed by atoms with Gasteiger partial charge in [0.15, 0.2) is 0 Å². The Bertz CT molecular complexity index is 348. The molecule has 0 aliphatic carbocycles. The Kier molecular flexibility index (Phi) is 4.23. The third-order valence-corrected chi connectivity index (χ3v) is 2.51. The van der Waals surface area contributed by atoms with Crippen LogP contribution in [-0.2, 0) is 0 Å². The van der Waals surface area contributed by atoms with Gasteiger partial charge in [-0.25, -0.2) is 4.99 Å². The molecule has 0 radical (unpaired) electrons. The van der Waals surface area contributed by atoms with Crippen molar-refractivity contribution in [1.82, 2.24) is 0 Å². The van der Waals surface area contributed by atoms with E-state index in [1.165, 1.54) is 0 Å². The van der Waals surface area contributed by atoms with Crippen LogP contribution in [0, 0.1) is 0 Å². The fourth-order valence-electron chi connectivity index (χ4n) is 1.05. The topological polar surface area (TPSA) is 38.4 Å². The summed E-state index contributed by atoms with van der Waals surface area (Å²) < 4.78 is 0. The summed E-state index contributed by atoms with van der Waals surface area (Å²) in [5.74, 6) is 0.580. The van der Waals surface area contributed by atoms with Crippen LogP contribution in [0.2, 0.25) is 10.0 Å². The van der Waals surface area contributed by atoms with E-state index in [2.05, 4.69) is 4.99 Å². The summed E-state index contributed by atoms with van der Waals surface area (Å²) in [6.07, 6.45) is 1.73. The summed E-state index contributed by atoms with van der Waals surface area (Å²) in [7, 11) is 0. The lowest BCUT2D eigenvalue weighted by atomic mass is 10.3. The van der Waals surface area contributed by atoms with Gasteiger partial charge in [-0.05, 0) is 18.6 Å². The molecule has 2 nitrogen and oxygen atoms in total. The summed E-state index contributed by atoms with van der Waals surface area (Å²) >= 11 is 11.8. The van der Waals surface area contributed by atoms with Crippen molar-refractivity contribution in [3.05, 3.63) is 28.2 Å². The predicted octanol–water partition coefficient (Wildman–Crippen LogP) is 3.78. The Morgan fingerprint density at radius 3 is 2.79 bits per heavy atom. The van der Waals surface area contributed by atoms with Crippen molar-refractivity contribution >= 4 is 34.7 Å². The molecule has 0 aromatic heterocycles. The van der Waals surface area contributed by atoms with E-state index in [4.69, 9.17) is 28.9 Å². The number of hydrogen-bond acceptors (Lipinski definition) is 1. The van der Waals surface area contributed by atoms with Gasteiger partial charge in [0.05, 0.1) is 21.6 Å². The molecular weight excluding hydrogens is 219 g/mol. The van der Waals surface area contributed by atoms with Gasteiger partial charge in [0, 0.05) is 6.42 Å². The molecule has 0 fully saturated rings. The van der Waals surface area contributed by atoms with Gasteiger partial charge < -0.3 is 5.73 Å². The maximum absolute atomic E-state index is 5.94. The molecule has 0 spiro atoms. The van der Waals surface area contributed by atoms with Crippen molar-refractivity contribution in [3.63, 3.8) is 0 Å².